The molecule has 1 saturated heterocycles. The smallest absolute Gasteiger partial charge is 0.238 e. The van der Waals surface area contributed by atoms with Crippen molar-refractivity contribution >= 4 is 15.9 Å². The Morgan fingerprint density at radius 3 is 2.61 bits per heavy atom. The third kappa shape index (κ3) is 1.17. The first-order valence-corrected chi connectivity index (χ1v) is 8.42. The van der Waals surface area contributed by atoms with Gasteiger partial charge < -0.3 is 0 Å². The second kappa shape index (κ2) is 3.30. The molecule has 2 bridgehead atoms. The molecule has 2 saturated carbocycles. The summed E-state index contributed by atoms with van der Waals surface area (Å²) in [7, 11) is -3.39. The number of sulfonamides is 1. The fourth-order valence-corrected chi connectivity index (χ4v) is 7.39. The first kappa shape index (κ1) is 12.5. The van der Waals surface area contributed by atoms with Gasteiger partial charge in [-0.1, -0.05) is 20.8 Å². The minimum atomic E-state index is -3.39. The number of nitrogens with zero attached hydrogens (tertiary/aromatic N) is 1. The predicted molar refractivity (Wildman–Crippen MR) is 68.3 cm³/mol. The molecule has 1 aliphatic heterocycles. The molecule has 1 amide bonds. The van der Waals surface area contributed by atoms with Crippen molar-refractivity contribution in [3.05, 3.63) is 0 Å². The highest BCUT2D eigenvalue weighted by Gasteiger charge is 2.72. The van der Waals surface area contributed by atoms with Crippen molar-refractivity contribution in [2.24, 2.45) is 16.7 Å². The van der Waals surface area contributed by atoms with Gasteiger partial charge >= 0.3 is 0 Å². The van der Waals surface area contributed by atoms with E-state index in [1.807, 2.05) is 0 Å². The molecule has 0 aromatic carbocycles. The van der Waals surface area contributed by atoms with Gasteiger partial charge in [0.25, 0.3) is 0 Å². The molecule has 1 unspecified atom stereocenters. The van der Waals surface area contributed by atoms with Crippen molar-refractivity contribution in [2.45, 2.75) is 52.5 Å². The molecule has 0 radical (unpaired) electrons. The number of hydrogen-bond acceptors (Lipinski definition) is 3. The third-order valence-electron chi connectivity index (χ3n) is 5.96. The predicted octanol–water partition coefficient (Wildman–Crippen LogP) is 1.76. The average molecular weight is 271 g/mol. The summed E-state index contributed by atoms with van der Waals surface area (Å²) in [6, 6.07) is -0.0660. The van der Waals surface area contributed by atoms with E-state index in [-0.39, 0.29) is 35.0 Å². The quantitative estimate of drug-likeness (QED) is 0.730. The van der Waals surface area contributed by atoms with Crippen LogP contribution in [0.2, 0.25) is 0 Å². The van der Waals surface area contributed by atoms with E-state index in [9.17, 15) is 13.2 Å². The van der Waals surface area contributed by atoms with Crippen LogP contribution in [0.25, 0.3) is 0 Å². The second-order valence-corrected chi connectivity index (χ2v) is 8.51. The van der Waals surface area contributed by atoms with Crippen molar-refractivity contribution in [3.63, 3.8) is 0 Å². The van der Waals surface area contributed by atoms with Crippen molar-refractivity contribution < 1.29 is 13.2 Å². The van der Waals surface area contributed by atoms with Crippen LogP contribution >= 0.6 is 0 Å². The number of hydrogen-bond donors (Lipinski definition) is 0. The monoisotopic (exact) mass is 271 g/mol. The second-order valence-electron chi connectivity index (χ2n) is 6.66. The fourth-order valence-electron chi connectivity index (χ4n) is 4.77. The Balaban J connectivity index is 2.11. The van der Waals surface area contributed by atoms with Crippen LogP contribution in [-0.4, -0.2) is 30.4 Å². The molecule has 102 valence electrons. The van der Waals surface area contributed by atoms with Gasteiger partial charge in [0, 0.05) is 11.8 Å². The van der Waals surface area contributed by atoms with Crippen LogP contribution in [0.1, 0.15) is 46.5 Å². The SMILES string of the molecule is CCC(=O)N1[C@@H]2C[C@H]3CCC2(CS1(=O)=O)C3(C)C. The summed E-state index contributed by atoms with van der Waals surface area (Å²) in [5.41, 5.74) is -0.130. The maximum absolute atomic E-state index is 12.4. The number of rotatable bonds is 1. The van der Waals surface area contributed by atoms with Crippen LogP contribution in [0.5, 0.6) is 0 Å². The molecule has 18 heavy (non-hydrogen) atoms. The number of carbonyl (C=O) groups excluding carboxylic acids is 1. The Kier molecular flexibility index (Phi) is 2.28. The Morgan fingerprint density at radius 1 is 1.39 bits per heavy atom. The Morgan fingerprint density at radius 2 is 2.06 bits per heavy atom. The largest absolute Gasteiger partial charge is 0.274 e. The normalized spacial score (nSPS) is 43.2. The summed E-state index contributed by atoms with van der Waals surface area (Å²) in [5, 5.41) is 0. The van der Waals surface area contributed by atoms with Crippen LogP contribution in [0, 0.1) is 16.7 Å². The maximum atomic E-state index is 12.4. The Hall–Kier alpha value is -0.580. The minimum absolute atomic E-state index is 0.0491. The van der Waals surface area contributed by atoms with Crippen LogP contribution < -0.4 is 0 Å². The van der Waals surface area contributed by atoms with Gasteiger partial charge in [-0.15, -0.1) is 0 Å². The first-order valence-electron chi connectivity index (χ1n) is 6.81. The molecule has 3 aliphatic rings. The summed E-state index contributed by atoms with van der Waals surface area (Å²) in [6.07, 6.45) is 3.23. The number of amides is 1. The van der Waals surface area contributed by atoms with Gasteiger partial charge in [0.2, 0.25) is 15.9 Å². The molecule has 1 heterocycles. The molecule has 0 aromatic rings. The number of fused-ring (bicyclic) bond motifs is 1. The van der Waals surface area contributed by atoms with Gasteiger partial charge in [-0.05, 0) is 30.6 Å². The highest BCUT2D eigenvalue weighted by atomic mass is 32.2. The van der Waals surface area contributed by atoms with E-state index in [0.29, 0.717) is 5.92 Å². The molecule has 3 atom stereocenters. The molecule has 5 heteroatoms. The lowest BCUT2D eigenvalue weighted by atomic mass is 9.69. The minimum Gasteiger partial charge on any atom is -0.274 e. The summed E-state index contributed by atoms with van der Waals surface area (Å²) in [5.74, 6) is 0.533. The van der Waals surface area contributed by atoms with Gasteiger partial charge in [0.1, 0.15) is 0 Å². The molecule has 2 aliphatic carbocycles. The molecule has 0 N–H and O–H groups in total. The van der Waals surface area contributed by atoms with Crippen LogP contribution in [-0.2, 0) is 14.8 Å². The lowest BCUT2D eigenvalue weighted by Crippen LogP contribution is -2.43. The Labute approximate surface area is 109 Å². The van der Waals surface area contributed by atoms with E-state index >= 15 is 0 Å². The zero-order valence-electron chi connectivity index (χ0n) is 11.3. The van der Waals surface area contributed by atoms with E-state index in [1.54, 1.807) is 6.92 Å². The lowest BCUT2D eigenvalue weighted by Gasteiger charge is -2.37. The van der Waals surface area contributed by atoms with Gasteiger partial charge in [-0.2, -0.15) is 0 Å². The van der Waals surface area contributed by atoms with Crippen LogP contribution in [0.3, 0.4) is 0 Å². The first-order chi connectivity index (χ1) is 8.26. The Bertz CT molecular complexity index is 510. The van der Waals surface area contributed by atoms with E-state index < -0.39 is 10.0 Å². The summed E-state index contributed by atoms with van der Waals surface area (Å²) < 4.78 is 25.9. The highest BCUT2D eigenvalue weighted by Crippen LogP contribution is 2.69. The molecular weight excluding hydrogens is 250 g/mol. The van der Waals surface area contributed by atoms with E-state index in [2.05, 4.69) is 13.8 Å². The van der Waals surface area contributed by atoms with Gasteiger partial charge in [0.15, 0.2) is 0 Å². The molecule has 0 aromatic heterocycles. The van der Waals surface area contributed by atoms with Crippen molar-refractivity contribution in [2.75, 3.05) is 5.75 Å². The summed E-state index contributed by atoms with van der Waals surface area (Å²) in [6.45, 7) is 6.13. The van der Waals surface area contributed by atoms with E-state index in [4.69, 9.17) is 0 Å². The zero-order valence-corrected chi connectivity index (χ0v) is 12.1. The van der Waals surface area contributed by atoms with Gasteiger partial charge in [0.05, 0.1) is 11.8 Å². The molecule has 1 spiro atoms. The average Bonchev–Trinajstić information content (AvgIpc) is 2.74. The zero-order chi connectivity index (χ0) is 13.3. The number of carbonyl (C=O) groups is 1. The van der Waals surface area contributed by atoms with Gasteiger partial charge in [-0.25, -0.2) is 12.7 Å². The van der Waals surface area contributed by atoms with Crippen LogP contribution in [0.4, 0.5) is 0 Å². The van der Waals surface area contributed by atoms with Crippen molar-refractivity contribution in [1.29, 1.82) is 0 Å². The third-order valence-corrected chi connectivity index (χ3v) is 7.90. The topological polar surface area (TPSA) is 54.5 Å². The van der Waals surface area contributed by atoms with Crippen molar-refractivity contribution in [3.8, 4) is 0 Å². The fraction of sp³-hybridized carbons (Fsp3) is 0.923. The lowest BCUT2D eigenvalue weighted by molar-refractivity contribution is -0.128. The standard InChI is InChI=1S/C13H21NO3S/c1-4-11(15)14-10-7-9-5-6-13(10,12(9,2)3)8-18(14,16)17/h9-10H,4-8H2,1-3H3/t9-,10-,13?/m1/s1. The van der Waals surface area contributed by atoms with Gasteiger partial charge in [-0.3, -0.25) is 4.79 Å². The van der Waals surface area contributed by atoms with Crippen LogP contribution in [0.15, 0.2) is 0 Å². The van der Waals surface area contributed by atoms with Crippen molar-refractivity contribution in [1.82, 2.24) is 4.31 Å². The molecule has 4 nitrogen and oxygen atoms in total. The maximum Gasteiger partial charge on any atom is 0.238 e. The highest BCUT2D eigenvalue weighted by molar-refractivity contribution is 7.90. The summed E-state index contributed by atoms with van der Waals surface area (Å²) >= 11 is 0. The van der Waals surface area contributed by atoms with E-state index in [0.717, 1.165) is 19.3 Å². The molecule has 3 fully saturated rings. The summed E-state index contributed by atoms with van der Waals surface area (Å²) in [4.78, 5) is 12.0. The molecule has 3 rings (SSSR count). The van der Waals surface area contributed by atoms with E-state index in [1.165, 1.54) is 4.31 Å². The molecular formula is C13H21NO3S.